The average Bonchev–Trinajstić information content (AvgIpc) is 3.19. The van der Waals surface area contributed by atoms with Crippen LogP contribution in [0.15, 0.2) is 59.6 Å². The fourth-order valence-corrected chi connectivity index (χ4v) is 4.02. The van der Waals surface area contributed by atoms with Gasteiger partial charge < -0.3 is 25.8 Å². The first-order valence-electron chi connectivity index (χ1n) is 10.2. The topological polar surface area (TPSA) is 95.0 Å². The monoisotopic (exact) mass is 440 g/mol. The fourth-order valence-electron chi connectivity index (χ4n) is 2.98. The molecule has 8 heteroatoms. The molecule has 0 fully saturated rings. The summed E-state index contributed by atoms with van der Waals surface area (Å²) in [5.41, 5.74) is 0.697. The summed E-state index contributed by atoms with van der Waals surface area (Å²) in [7, 11) is 0. The van der Waals surface area contributed by atoms with Gasteiger partial charge in [-0.3, -0.25) is 9.79 Å². The molecule has 164 valence electrons. The maximum Gasteiger partial charge on any atom is 0.221 e. The standard InChI is InChI=1S/C23H28N4O3S/c1-3-24-23(25-11-12-30-19-9-6-8-18(14-19)27-16(2)28)26-15-20(29)22-13-17-7-4-5-10-21(17)31-22/h4-10,13-14,20,29H,3,11-12,15H2,1-2H3,(H,27,28)(H2,24,25,26). The number of nitrogens with one attached hydrogen (secondary N) is 3. The van der Waals surface area contributed by atoms with Gasteiger partial charge in [0.1, 0.15) is 18.5 Å². The number of hydrogen-bond acceptors (Lipinski definition) is 5. The molecule has 0 saturated heterocycles. The van der Waals surface area contributed by atoms with Crippen molar-refractivity contribution in [3.63, 3.8) is 0 Å². The van der Waals surface area contributed by atoms with E-state index in [0.717, 1.165) is 15.0 Å². The zero-order valence-corrected chi connectivity index (χ0v) is 18.5. The maximum atomic E-state index is 11.2. The Morgan fingerprint density at radius 3 is 2.77 bits per heavy atom. The maximum absolute atomic E-state index is 11.2. The minimum absolute atomic E-state index is 0.122. The lowest BCUT2D eigenvalue weighted by atomic mass is 10.2. The van der Waals surface area contributed by atoms with E-state index in [9.17, 15) is 9.90 Å². The second kappa shape index (κ2) is 11.3. The van der Waals surface area contributed by atoms with E-state index >= 15 is 0 Å². The van der Waals surface area contributed by atoms with Gasteiger partial charge >= 0.3 is 0 Å². The van der Waals surface area contributed by atoms with Gasteiger partial charge in [0.2, 0.25) is 5.91 Å². The Balaban J connectivity index is 1.49. The normalized spacial score (nSPS) is 12.4. The van der Waals surface area contributed by atoms with Crippen LogP contribution < -0.4 is 20.7 Å². The highest BCUT2D eigenvalue weighted by molar-refractivity contribution is 7.19. The summed E-state index contributed by atoms with van der Waals surface area (Å²) in [5, 5.41) is 20.8. The number of aliphatic hydroxyl groups is 1. The number of hydrogen-bond donors (Lipinski definition) is 4. The number of fused-ring (bicyclic) bond motifs is 1. The Kier molecular flexibility index (Phi) is 8.26. The van der Waals surface area contributed by atoms with Gasteiger partial charge in [-0.1, -0.05) is 24.3 Å². The molecule has 0 spiro atoms. The molecule has 3 rings (SSSR count). The summed E-state index contributed by atoms with van der Waals surface area (Å²) in [6.45, 7) is 5.40. The predicted molar refractivity (Wildman–Crippen MR) is 127 cm³/mol. The van der Waals surface area contributed by atoms with Crippen LogP contribution in [0.2, 0.25) is 0 Å². The summed E-state index contributed by atoms with van der Waals surface area (Å²) < 4.78 is 6.90. The van der Waals surface area contributed by atoms with Gasteiger partial charge in [0.05, 0.1) is 13.1 Å². The Bertz CT molecular complexity index is 1000. The number of guanidine groups is 1. The Morgan fingerprint density at radius 1 is 1.16 bits per heavy atom. The molecule has 0 bridgehead atoms. The fraction of sp³-hybridized carbons (Fsp3) is 0.304. The molecule has 31 heavy (non-hydrogen) atoms. The van der Waals surface area contributed by atoms with Crippen molar-refractivity contribution in [3.05, 3.63) is 59.5 Å². The van der Waals surface area contributed by atoms with Crippen molar-refractivity contribution in [2.45, 2.75) is 20.0 Å². The second-order valence-corrected chi connectivity index (χ2v) is 8.02. The first-order chi connectivity index (χ1) is 15.0. The number of ether oxygens (including phenoxy) is 1. The number of benzene rings is 2. The molecule has 0 aliphatic rings. The lowest BCUT2D eigenvalue weighted by molar-refractivity contribution is -0.114. The SMILES string of the molecule is CCNC(=NCC(O)c1cc2ccccc2s1)NCCOc1cccc(NC(C)=O)c1. The number of carbonyl (C=O) groups is 1. The van der Waals surface area contributed by atoms with Crippen molar-refractivity contribution in [2.75, 3.05) is 31.6 Å². The molecular formula is C23H28N4O3S. The van der Waals surface area contributed by atoms with Crippen LogP contribution in [-0.2, 0) is 4.79 Å². The number of anilines is 1. The molecule has 1 heterocycles. The van der Waals surface area contributed by atoms with Crippen molar-refractivity contribution >= 4 is 39.0 Å². The van der Waals surface area contributed by atoms with Gasteiger partial charge in [-0.25, -0.2) is 0 Å². The Hall–Kier alpha value is -3.10. The molecule has 4 N–H and O–H groups in total. The van der Waals surface area contributed by atoms with Gasteiger partial charge in [-0.15, -0.1) is 11.3 Å². The van der Waals surface area contributed by atoms with Crippen LogP contribution in [0.4, 0.5) is 5.69 Å². The van der Waals surface area contributed by atoms with Crippen LogP contribution >= 0.6 is 11.3 Å². The lowest BCUT2D eigenvalue weighted by Gasteiger charge is -2.13. The highest BCUT2D eigenvalue weighted by Gasteiger charge is 2.11. The van der Waals surface area contributed by atoms with E-state index in [1.165, 1.54) is 6.92 Å². The van der Waals surface area contributed by atoms with Crippen molar-refractivity contribution in [2.24, 2.45) is 4.99 Å². The quantitative estimate of drug-likeness (QED) is 0.232. The Morgan fingerprint density at radius 2 is 2.00 bits per heavy atom. The minimum atomic E-state index is -0.652. The van der Waals surface area contributed by atoms with Gasteiger partial charge in [0.15, 0.2) is 5.96 Å². The van der Waals surface area contributed by atoms with Crippen LogP contribution in [0, 0.1) is 0 Å². The molecule has 1 atom stereocenters. The third kappa shape index (κ3) is 6.97. The van der Waals surface area contributed by atoms with E-state index in [2.05, 4.69) is 27.0 Å². The first kappa shape index (κ1) is 22.6. The molecule has 1 unspecified atom stereocenters. The summed E-state index contributed by atoms with van der Waals surface area (Å²) in [4.78, 5) is 16.6. The highest BCUT2D eigenvalue weighted by atomic mass is 32.1. The molecule has 7 nitrogen and oxygen atoms in total. The van der Waals surface area contributed by atoms with Crippen molar-refractivity contribution in [1.82, 2.24) is 10.6 Å². The van der Waals surface area contributed by atoms with Gasteiger partial charge in [0.25, 0.3) is 0 Å². The molecule has 1 amide bonds. The highest BCUT2D eigenvalue weighted by Crippen LogP contribution is 2.29. The van der Waals surface area contributed by atoms with Crippen molar-refractivity contribution < 1.29 is 14.6 Å². The number of aliphatic hydroxyl groups excluding tert-OH is 1. The molecule has 0 saturated carbocycles. The molecule has 2 aromatic carbocycles. The van der Waals surface area contributed by atoms with E-state index < -0.39 is 6.10 Å². The van der Waals surface area contributed by atoms with E-state index in [0.29, 0.717) is 37.1 Å². The van der Waals surface area contributed by atoms with Crippen LogP contribution in [0.3, 0.4) is 0 Å². The van der Waals surface area contributed by atoms with Gasteiger partial charge in [-0.2, -0.15) is 0 Å². The number of rotatable bonds is 9. The third-order valence-electron chi connectivity index (χ3n) is 4.36. The average molecular weight is 441 g/mol. The van der Waals surface area contributed by atoms with Gasteiger partial charge in [0, 0.05) is 34.8 Å². The molecule has 3 aromatic rings. The Labute approximate surface area is 186 Å². The zero-order chi connectivity index (χ0) is 22.1. The van der Waals surface area contributed by atoms with E-state index in [1.807, 2.05) is 49.4 Å². The molecule has 0 aliphatic carbocycles. The lowest BCUT2D eigenvalue weighted by Crippen LogP contribution is -2.39. The smallest absolute Gasteiger partial charge is 0.221 e. The van der Waals surface area contributed by atoms with Gasteiger partial charge in [-0.05, 0) is 36.6 Å². The number of amides is 1. The number of nitrogens with zero attached hydrogens (tertiary/aromatic N) is 1. The summed E-state index contributed by atoms with van der Waals surface area (Å²) in [6, 6.07) is 17.4. The molecular weight excluding hydrogens is 412 g/mol. The van der Waals surface area contributed by atoms with Crippen LogP contribution in [0.1, 0.15) is 24.8 Å². The largest absolute Gasteiger partial charge is 0.492 e. The number of aliphatic imine (C=N–C) groups is 1. The van der Waals surface area contributed by atoms with Crippen molar-refractivity contribution in [3.8, 4) is 5.75 Å². The number of carbonyl (C=O) groups excluding carboxylic acids is 1. The van der Waals surface area contributed by atoms with E-state index in [-0.39, 0.29) is 12.5 Å². The van der Waals surface area contributed by atoms with Crippen LogP contribution in [-0.4, -0.2) is 43.2 Å². The first-order valence-corrected chi connectivity index (χ1v) is 11.1. The van der Waals surface area contributed by atoms with Crippen LogP contribution in [0.25, 0.3) is 10.1 Å². The van der Waals surface area contributed by atoms with E-state index in [1.54, 1.807) is 17.4 Å². The second-order valence-electron chi connectivity index (χ2n) is 6.91. The summed E-state index contributed by atoms with van der Waals surface area (Å²) >= 11 is 1.59. The summed E-state index contributed by atoms with van der Waals surface area (Å²) in [5.74, 6) is 1.18. The molecule has 1 aromatic heterocycles. The van der Waals surface area contributed by atoms with E-state index in [4.69, 9.17) is 4.74 Å². The summed E-state index contributed by atoms with van der Waals surface area (Å²) in [6.07, 6.45) is -0.652. The molecule has 0 radical (unpaired) electrons. The molecule has 0 aliphatic heterocycles. The number of thiophene rings is 1. The predicted octanol–water partition coefficient (Wildman–Crippen LogP) is 3.53. The third-order valence-corrected chi connectivity index (χ3v) is 5.57. The van der Waals surface area contributed by atoms with Crippen LogP contribution in [0.5, 0.6) is 5.75 Å². The van der Waals surface area contributed by atoms with Crippen molar-refractivity contribution in [1.29, 1.82) is 0 Å². The zero-order valence-electron chi connectivity index (χ0n) is 17.7. The minimum Gasteiger partial charge on any atom is -0.492 e.